The van der Waals surface area contributed by atoms with Gasteiger partial charge in [-0.3, -0.25) is 13.8 Å². The van der Waals surface area contributed by atoms with Crippen LogP contribution >= 0.6 is 0 Å². The molecule has 9 heteroatoms. The number of esters is 2. The molecule has 1 aliphatic heterocycles. The smallest absolute Gasteiger partial charge is 0.312 e. The third-order valence-electron chi connectivity index (χ3n) is 6.06. The minimum absolute atomic E-state index is 0.151. The molecule has 0 spiro atoms. The molecule has 0 aromatic heterocycles. The van der Waals surface area contributed by atoms with Crippen molar-refractivity contribution in [1.29, 1.82) is 0 Å². The summed E-state index contributed by atoms with van der Waals surface area (Å²) >= 11 is 0. The summed E-state index contributed by atoms with van der Waals surface area (Å²) in [6.45, 7) is 2.57. The van der Waals surface area contributed by atoms with E-state index in [1.807, 2.05) is 0 Å². The van der Waals surface area contributed by atoms with Crippen molar-refractivity contribution in [2.45, 2.75) is 97.0 Å². The highest BCUT2D eigenvalue weighted by Crippen LogP contribution is 2.41. The first kappa shape index (κ1) is 28.8. The van der Waals surface area contributed by atoms with Gasteiger partial charge in [0.05, 0.1) is 30.3 Å². The van der Waals surface area contributed by atoms with E-state index < -0.39 is 46.1 Å². The summed E-state index contributed by atoms with van der Waals surface area (Å²) in [5, 5.41) is 10.00. The van der Waals surface area contributed by atoms with Gasteiger partial charge in [-0.2, -0.15) is 8.42 Å². The van der Waals surface area contributed by atoms with E-state index in [1.54, 1.807) is 0 Å². The Morgan fingerprint density at radius 2 is 1.62 bits per heavy atom. The van der Waals surface area contributed by atoms with Gasteiger partial charge in [0.1, 0.15) is 13.2 Å². The van der Waals surface area contributed by atoms with E-state index >= 15 is 0 Å². The highest BCUT2D eigenvalue weighted by Gasteiger charge is 2.55. The topological polar surface area (TPSA) is 116 Å². The lowest BCUT2D eigenvalue weighted by atomic mass is 9.75. The number of aliphatic hydroxyl groups is 1. The second-order valence-electron chi connectivity index (χ2n) is 9.05. The van der Waals surface area contributed by atoms with Crippen molar-refractivity contribution in [3.05, 3.63) is 0 Å². The fourth-order valence-corrected chi connectivity index (χ4v) is 4.92. The van der Waals surface area contributed by atoms with E-state index in [1.165, 1.54) is 51.9 Å². The SMILES string of the molecule is CCCCCCCCCCCCCC(OS(C)(=O)=O)C1C(=O)OCC1(CO)COC(C)=O. The molecule has 1 aliphatic rings. The Hall–Kier alpha value is -1.19. The minimum atomic E-state index is -3.84. The summed E-state index contributed by atoms with van der Waals surface area (Å²) in [6, 6.07) is 0. The molecule has 1 saturated heterocycles. The molecule has 0 aromatic carbocycles. The number of rotatable bonds is 18. The van der Waals surface area contributed by atoms with Crippen LogP contribution in [0.2, 0.25) is 0 Å². The van der Waals surface area contributed by atoms with Crippen LogP contribution in [-0.4, -0.2) is 57.6 Å². The summed E-state index contributed by atoms with van der Waals surface area (Å²) in [6.07, 6.45) is 13.0. The zero-order valence-corrected chi connectivity index (χ0v) is 20.8. The number of aliphatic hydroxyl groups excluding tert-OH is 1. The Bertz CT molecular complexity index is 663. The van der Waals surface area contributed by atoms with Crippen LogP contribution in [0.4, 0.5) is 0 Å². The predicted octanol–water partition coefficient (Wildman–Crippen LogP) is 3.75. The van der Waals surface area contributed by atoms with Gasteiger partial charge in [-0.15, -0.1) is 0 Å². The highest BCUT2D eigenvalue weighted by molar-refractivity contribution is 7.86. The Labute approximate surface area is 193 Å². The molecular weight excluding hydrogens is 436 g/mol. The van der Waals surface area contributed by atoms with Crippen molar-refractivity contribution in [3.63, 3.8) is 0 Å². The van der Waals surface area contributed by atoms with Gasteiger partial charge in [-0.1, -0.05) is 77.6 Å². The number of ether oxygens (including phenoxy) is 2. The van der Waals surface area contributed by atoms with Gasteiger partial charge < -0.3 is 14.6 Å². The van der Waals surface area contributed by atoms with Gasteiger partial charge in [-0.25, -0.2) is 0 Å². The van der Waals surface area contributed by atoms with Crippen LogP contribution in [0.25, 0.3) is 0 Å². The van der Waals surface area contributed by atoms with Crippen molar-refractivity contribution in [3.8, 4) is 0 Å². The summed E-state index contributed by atoms with van der Waals surface area (Å²) < 4.78 is 39.2. The van der Waals surface area contributed by atoms with Gasteiger partial charge in [0.2, 0.25) is 0 Å². The van der Waals surface area contributed by atoms with Crippen LogP contribution in [0.5, 0.6) is 0 Å². The molecule has 1 heterocycles. The molecule has 3 atom stereocenters. The number of hydrogen-bond donors (Lipinski definition) is 1. The molecule has 0 aromatic rings. The van der Waals surface area contributed by atoms with Gasteiger partial charge >= 0.3 is 11.9 Å². The number of carbonyl (C=O) groups is 2. The van der Waals surface area contributed by atoms with E-state index in [-0.39, 0.29) is 13.2 Å². The Morgan fingerprint density at radius 3 is 2.09 bits per heavy atom. The maximum absolute atomic E-state index is 12.5. The molecule has 3 unspecified atom stereocenters. The summed E-state index contributed by atoms with van der Waals surface area (Å²) in [4.78, 5) is 23.7. The van der Waals surface area contributed by atoms with Crippen LogP contribution < -0.4 is 0 Å². The van der Waals surface area contributed by atoms with Crippen molar-refractivity contribution in [2.75, 3.05) is 26.1 Å². The Morgan fingerprint density at radius 1 is 1.09 bits per heavy atom. The van der Waals surface area contributed by atoms with Crippen molar-refractivity contribution < 1.29 is 36.8 Å². The fourth-order valence-electron chi connectivity index (χ4n) is 4.26. The second kappa shape index (κ2) is 14.9. The van der Waals surface area contributed by atoms with Crippen molar-refractivity contribution >= 4 is 22.1 Å². The molecule has 32 heavy (non-hydrogen) atoms. The van der Waals surface area contributed by atoms with E-state index in [0.29, 0.717) is 12.8 Å². The molecule has 188 valence electrons. The molecule has 1 rings (SSSR count). The van der Waals surface area contributed by atoms with E-state index in [2.05, 4.69) is 6.92 Å². The fraction of sp³-hybridized carbons (Fsp3) is 0.913. The molecule has 0 amide bonds. The third kappa shape index (κ3) is 10.6. The molecule has 0 saturated carbocycles. The Kier molecular flexibility index (Phi) is 13.4. The average Bonchev–Trinajstić information content (AvgIpc) is 3.05. The molecule has 1 fully saturated rings. The van der Waals surface area contributed by atoms with Crippen LogP contribution in [0, 0.1) is 11.3 Å². The lowest BCUT2D eigenvalue weighted by molar-refractivity contribution is -0.150. The first-order chi connectivity index (χ1) is 15.1. The van der Waals surface area contributed by atoms with Crippen LogP contribution in [0.15, 0.2) is 0 Å². The van der Waals surface area contributed by atoms with E-state index in [9.17, 15) is 23.1 Å². The number of cyclic esters (lactones) is 1. The zero-order valence-electron chi connectivity index (χ0n) is 20.0. The standard InChI is InChI=1S/C23H42O8S/c1-4-5-6-7-8-9-10-11-12-13-14-15-20(31-32(3,27)28)21-22(26)30-18-23(21,16-24)17-29-19(2)25/h20-21,24H,4-18H2,1-3H3. The van der Waals surface area contributed by atoms with Gasteiger partial charge in [0.15, 0.2) is 0 Å². The van der Waals surface area contributed by atoms with Crippen LogP contribution in [0.3, 0.4) is 0 Å². The normalized spacial score (nSPS) is 22.0. The quantitative estimate of drug-likeness (QED) is 0.180. The average molecular weight is 479 g/mol. The summed E-state index contributed by atoms with van der Waals surface area (Å²) in [5.41, 5.74) is -1.21. The molecular formula is C23H42O8S. The monoisotopic (exact) mass is 478 g/mol. The summed E-state index contributed by atoms with van der Waals surface area (Å²) in [7, 11) is -3.84. The van der Waals surface area contributed by atoms with Crippen molar-refractivity contribution in [1.82, 2.24) is 0 Å². The third-order valence-corrected chi connectivity index (χ3v) is 6.65. The molecule has 0 bridgehead atoms. The molecule has 1 N–H and O–H groups in total. The number of carbonyl (C=O) groups excluding carboxylic acids is 2. The maximum Gasteiger partial charge on any atom is 0.312 e. The van der Waals surface area contributed by atoms with Gasteiger partial charge in [-0.05, 0) is 6.42 Å². The zero-order chi connectivity index (χ0) is 24.0. The lowest BCUT2D eigenvalue weighted by Crippen LogP contribution is -2.46. The van der Waals surface area contributed by atoms with Crippen LogP contribution in [0.1, 0.15) is 90.9 Å². The maximum atomic E-state index is 12.5. The second-order valence-corrected chi connectivity index (χ2v) is 10.6. The minimum Gasteiger partial charge on any atom is -0.465 e. The van der Waals surface area contributed by atoms with Crippen LogP contribution in [-0.2, 0) is 33.4 Å². The van der Waals surface area contributed by atoms with E-state index in [4.69, 9.17) is 13.7 Å². The van der Waals surface area contributed by atoms with E-state index in [0.717, 1.165) is 25.5 Å². The first-order valence-corrected chi connectivity index (χ1v) is 13.8. The first-order valence-electron chi connectivity index (χ1n) is 11.9. The lowest BCUT2D eigenvalue weighted by Gasteiger charge is -2.33. The summed E-state index contributed by atoms with van der Waals surface area (Å²) in [5.74, 6) is -2.21. The molecule has 0 radical (unpaired) electrons. The number of unbranched alkanes of at least 4 members (excludes halogenated alkanes) is 10. The largest absolute Gasteiger partial charge is 0.465 e. The Balaban J connectivity index is 2.58. The van der Waals surface area contributed by atoms with Gasteiger partial charge in [0.25, 0.3) is 10.1 Å². The predicted molar refractivity (Wildman–Crippen MR) is 121 cm³/mol. The van der Waals surface area contributed by atoms with Gasteiger partial charge in [0, 0.05) is 6.92 Å². The van der Waals surface area contributed by atoms with Crippen molar-refractivity contribution in [2.24, 2.45) is 11.3 Å². The molecule has 8 nitrogen and oxygen atoms in total. The molecule has 0 aliphatic carbocycles. The highest BCUT2D eigenvalue weighted by atomic mass is 32.2. The number of hydrogen-bond acceptors (Lipinski definition) is 8.